The number of nitrogens with zero attached hydrogens (tertiary/aromatic N) is 2. The lowest BCUT2D eigenvalue weighted by atomic mass is 9.91. The first-order chi connectivity index (χ1) is 7.66. The number of nitro groups is 1. The third kappa shape index (κ3) is 2.39. The molecule has 86 valence electrons. The lowest BCUT2D eigenvalue weighted by Crippen LogP contribution is -2.36. The molecule has 0 spiro atoms. The summed E-state index contributed by atoms with van der Waals surface area (Å²) >= 11 is 0. The smallest absolute Gasteiger partial charge is 0.269 e. The van der Waals surface area contributed by atoms with Gasteiger partial charge in [-0.25, -0.2) is 0 Å². The third-order valence-corrected chi connectivity index (χ3v) is 3.25. The Balaban J connectivity index is 2.02. The van der Waals surface area contributed by atoms with E-state index in [1.807, 2.05) is 6.07 Å². The zero-order valence-corrected chi connectivity index (χ0v) is 9.43. The highest BCUT2D eigenvalue weighted by molar-refractivity contribution is 5.34. The fourth-order valence-electron chi connectivity index (χ4n) is 2.01. The maximum absolute atomic E-state index is 10.6. The molecule has 0 heterocycles. The second-order valence-corrected chi connectivity index (χ2v) is 4.43. The van der Waals surface area contributed by atoms with Crippen molar-refractivity contribution in [3.63, 3.8) is 0 Å². The minimum absolute atomic E-state index is 0.180. The van der Waals surface area contributed by atoms with Crippen molar-refractivity contribution in [2.24, 2.45) is 0 Å². The zero-order chi connectivity index (χ0) is 11.5. The highest BCUT2D eigenvalue weighted by atomic mass is 16.6. The fraction of sp³-hybridized carbons (Fsp3) is 0.500. The van der Waals surface area contributed by atoms with Gasteiger partial charge in [-0.3, -0.25) is 15.0 Å². The molecule has 1 saturated carbocycles. The van der Waals surface area contributed by atoms with Gasteiger partial charge >= 0.3 is 0 Å². The van der Waals surface area contributed by atoms with E-state index in [0.717, 1.165) is 12.1 Å². The van der Waals surface area contributed by atoms with Gasteiger partial charge in [0.25, 0.3) is 5.69 Å². The van der Waals surface area contributed by atoms with Gasteiger partial charge in [0.2, 0.25) is 0 Å². The minimum atomic E-state index is -0.340. The molecule has 0 saturated heterocycles. The highest BCUT2D eigenvalue weighted by Gasteiger charge is 2.22. The van der Waals surface area contributed by atoms with Gasteiger partial charge in [-0.05, 0) is 25.5 Å². The molecule has 0 aliphatic heterocycles. The van der Waals surface area contributed by atoms with E-state index in [9.17, 15) is 10.1 Å². The summed E-state index contributed by atoms with van der Waals surface area (Å²) in [5, 5.41) is 10.6. The standard InChI is InChI=1S/C12H16N2O2/c1-13(11-5-3-6-11)9-10-4-2-7-12(8-10)14(15)16/h2,4,7-8,11H,3,5-6,9H2,1H3. The summed E-state index contributed by atoms with van der Waals surface area (Å²) in [6, 6.07) is 7.56. The number of non-ortho nitro benzene ring substituents is 1. The van der Waals surface area contributed by atoms with Crippen LogP contribution in [0.3, 0.4) is 0 Å². The number of benzene rings is 1. The summed E-state index contributed by atoms with van der Waals surface area (Å²) in [7, 11) is 2.09. The lowest BCUT2D eigenvalue weighted by Gasteiger charge is -2.34. The van der Waals surface area contributed by atoms with Crippen molar-refractivity contribution in [1.29, 1.82) is 0 Å². The van der Waals surface area contributed by atoms with Gasteiger partial charge < -0.3 is 0 Å². The van der Waals surface area contributed by atoms with Crippen molar-refractivity contribution in [2.75, 3.05) is 7.05 Å². The molecule has 0 N–H and O–H groups in total. The van der Waals surface area contributed by atoms with Gasteiger partial charge in [-0.2, -0.15) is 0 Å². The first kappa shape index (κ1) is 11.1. The molecule has 0 aromatic heterocycles. The van der Waals surface area contributed by atoms with Gasteiger partial charge in [0.1, 0.15) is 0 Å². The van der Waals surface area contributed by atoms with Crippen molar-refractivity contribution in [2.45, 2.75) is 31.8 Å². The van der Waals surface area contributed by atoms with Gasteiger partial charge in [-0.15, -0.1) is 0 Å². The van der Waals surface area contributed by atoms with Crippen LogP contribution < -0.4 is 0 Å². The summed E-state index contributed by atoms with van der Waals surface area (Å²) in [5.41, 5.74) is 1.20. The monoisotopic (exact) mass is 220 g/mol. The van der Waals surface area contributed by atoms with Crippen molar-refractivity contribution in [3.8, 4) is 0 Å². The molecular formula is C12H16N2O2. The quantitative estimate of drug-likeness (QED) is 0.578. The summed E-state index contributed by atoms with van der Waals surface area (Å²) in [4.78, 5) is 12.6. The van der Waals surface area contributed by atoms with Crippen molar-refractivity contribution < 1.29 is 4.92 Å². The van der Waals surface area contributed by atoms with Crippen LogP contribution in [0.5, 0.6) is 0 Å². The van der Waals surface area contributed by atoms with E-state index >= 15 is 0 Å². The molecule has 4 nitrogen and oxygen atoms in total. The van der Waals surface area contributed by atoms with E-state index in [1.165, 1.54) is 25.3 Å². The van der Waals surface area contributed by atoms with Crippen LogP contribution in [-0.4, -0.2) is 22.9 Å². The van der Waals surface area contributed by atoms with Crippen LogP contribution in [0.25, 0.3) is 0 Å². The molecule has 16 heavy (non-hydrogen) atoms. The second kappa shape index (κ2) is 4.61. The van der Waals surface area contributed by atoms with E-state index in [-0.39, 0.29) is 10.6 Å². The Morgan fingerprint density at radius 1 is 1.50 bits per heavy atom. The van der Waals surface area contributed by atoms with Crippen LogP contribution in [-0.2, 0) is 6.54 Å². The molecule has 2 rings (SSSR count). The summed E-state index contributed by atoms with van der Waals surface area (Å²) in [6.07, 6.45) is 3.82. The SMILES string of the molecule is CN(Cc1cccc([N+](=O)[O-])c1)C1CCC1. The fourth-order valence-corrected chi connectivity index (χ4v) is 2.01. The number of rotatable bonds is 4. The summed E-state index contributed by atoms with van der Waals surface area (Å²) < 4.78 is 0. The molecule has 0 atom stereocenters. The number of nitro benzene ring substituents is 1. The molecular weight excluding hydrogens is 204 g/mol. The van der Waals surface area contributed by atoms with E-state index in [4.69, 9.17) is 0 Å². The molecule has 0 unspecified atom stereocenters. The molecule has 1 aromatic carbocycles. The average Bonchev–Trinajstić information content (AvgIpc) is 2.15. The largest absolute Gasteiger partial charge is 0.299 e. The van der Waals surface area contributed by atoms with Crippen LogP contribution in [0.1, 0.15) is 24.8 Å². The lowest BCUT2D eigenvalue weighted by molar-refractivity contribution is -0.384. The maximum Gasteiger partial charge on any atom is 0.269 e. The predicted molar refractivity (Wildman–Crippen MR) is 62.2 cm³/mol. The van der Waals surface area contributed by atoms with Crippen molar-refractivity contribution in [3.05, 3.63) is 39.9 Å². The predicted octanol–water partition coefficient (Wildman–Crippen LogP) is 2.58. The molecule has 0 amide bonds. The Labute approximate surface area is 95.0 Å². The minimum Gasteiger partial charge on any atom is -0.299 e. The molecule has 1 fully saturated rings. The Hall–Kier alpha value is -1.42. The molecule has 4 heteroatoms. The van der Waals surface area contributed by atoms with Crippen LogP contribution in [0, 0.1) is 10.1 Å². The average molecular weight is 220 g/mol. The summed E-state index contributed by atoms with van der Waals surface area (Å²) in [5.74, 6) is 0. The first-order valence-corrected chi connectivity index (χ1v) is 5.60. The Bertz CT molecular complexity index is 388. The maximum atomic E-state index is 10.6. The molecule has 1 aromatic rings. The van der Waals surface area contributed by atoms with E-state index in [1.54, 1.807) is 12.1 Å². The summed E-state index contributed by atoms with van der Waals surface area (Å²) in [6.45, 7) is 0.798. The Morgan fingerprint density at radius 3 is 2.81 bits per heavy atom. The van der Waals surface area contributed by atoms with Crippen molar-refractivity contribution in [1.82, 2.24) is 4.90 Å². The van der Waals surface area contributed by atoms with E-state index in [0.29, 0.717) is 6.04 Å². The van der Waals surface area contributed by atoms with E-state index in [2.05, 4.69) is 11.9 Å². The molecule has 1 aliphatic carbocycles. The Morgan fingerprint density at radius 2 is 2.25 bits per heavy atom. The Kier molecular flexibility index (Phi) is 3.19. The molecule has 1 aliphatic rings. The zero-order valence-electron chi connectivity index (χ0n) is 9.43. The van der Waals surface area contributed by atoms with Gasteiger partial charge in [0.15, 0.2) is 0 Å². The number of hydrogen-bond acceptors (Lipinski definition) is 3. The van der Waals surface area contributed by atoms with Crippen LogP contribution in [0.15, 0.2) is 24.3 Å². The third-order valence-electron chi connectivity index (χ3n) is 3.25. The molecule has 0 radical (unpaired) electrons. The van der Waals surface area contributed by atoms with Gasteiger partial charge in [-0.1, -0.05) is 18.6 Å². The van der Waals surface area contributed by atoms with Crippen LogP contribution >= 0.6 is 0 Å². The number of hydrogen-bond donors (Lipinski definition) is 0. The first-order valence-electron chi connectivity index (χ1n) is 5.60. The van der Waals surface area contributed by atoms with Crippen LogP contribution in [0.4, 0.5) is 5.69 Å². The normalized spacial score (nSPS) is 16.1. The van der Waals surface area contributed by atoms with Gasteiger partial charge in [0.05, 0.1) is 4.92 Å². The molecule has 0 bridgehead atoms. The second-order valence-electron chi connectivity index (χ2n) is 4.43. The van der Waals surface area contributed by atoms with Gasteiger partial charge in [0, 0.05) is 24.7 Å². The van der Waals surface area contributed by atoms with Crippen molar-refractivity contribution >= 4 is 5.69 Å². The van der Waals surface area contributed by atoms with Crippen LogP contribution in [0.2, 0.25) is 0 Å². The highest BCUT2D eigenvalue weighted by Crippen LogP contribution is 2.25. The van der Waals surface area contributed by atoms with E-state index < -0.39 is 0 Å². The topological polar surface area (TPSA) is 46.4 Å².